The van der Waals surface area contributed by atoms with Crippen LogP contribution < -0.4 is 5.32 Å². The fraction of sp³-hybridized carbons (Fsp3) is 0.261. The van der Waals surface area contributed by atoms with Crippen LogP contribution >= 0.6 is 0 Å². The lowest BCUT2D eigenvalue weighted by molar-refractivity contribution is 0.0925. The predicted molar refractivity (Wildman–Crippen MR) is 113 cm³/mol. The van der Waals surface area contributed by atoms with E-state index in [1.807, 2.05) is 62.4 Å². The van der Waals surface area contributed by atoms with Crippen molar-refractivity contribution in [3.63, 3.8) is 0 Å². The standard InChI is InChI=1S/C23H25NO4S/c1-17-7-9-19(10-8-17)13-14-24-23(25)22-12-11-21(28-22)16-29(26,27)15-20-6-4-3-5-18(20)2/h3-12H,13-16H2,1-2H3,(H,24,25). The number of amides is 1. The van der Waals surface area contributed by atoms with Gasteiger partial charge in [-0.15, -0.1) is 0 Å². The number of furan rings is 1. The van der Waals surface area contributed by atoms with E-state index in [1.54, 1.807) is 6.07 Å². The lowest BCUT2D eigenvalue weighted by Crippen LogP contribution is -2.25. The van der Waals surface area contributed by atoms with Gasteiger partial charge in [-0.3, -0.25) is 4.79 Å². The van der Waals surface area contributed by atoms with Crippen molar-refractivity contribution in [2.24, 2.45) is 0 Å². The number of hydrogen-bond acceptors (Lipinski definition) is 4. The van der Waals surface area contributed by atoms with Gasteiger partial charge in [0.1, 0.15) is 11.5 Å². The molecule has 0 atom stereocenters. The third kappa shape index (κ3) is 6.06. The summed E-state index contributed by atoms with van der Waals surface area (Å²) >= 11 is 0. The third-order valence-corrected chi connectivity index (χ3v) is 6.18. The molecule has 0 unspecified atom stereocenters. The van der Waals surface area contributed by atoms with Crippen LogP contribution in [0.2, 0.25) is 0 Å². The second-order valence-corrected chi connectivity index (χ2v) is 9.28. The van der Waals surface area contributed by atoms with Gasteiger partial charge in [-0.25, -0.2) is 8.42 Å². The molecule has 5 nitrogen and oxygen atoms in total. The van der Waals surface area contributed by atoms with Crippen LogP contribution in [-0.2, 0) is 27.8 Å². The molecule has 0 radical (unpaired) electrons. The lowest BCUT2D eigenvalue weighted by Gasteiger charge is -2.06. The van der Waals surface area contributed by atoms with Crippen molar-refractivity contribution in [2.75, 3.05) is 6.54 Å². The molecule has 0 spiro atoms. The number of hydrogen-bond donors (Lipinski definition) is 1. The highest BCUT2D eigenvalue weighted by Gasteiger charge is 2.18. The largest absolute Gasteiger partial charge is 0.455 e. The molecule has 0 saturated heterocycles. The Morgan fingerprint density at radius 3 is 2.38 bits per heavy atom. The summed E-state index contributed by atoms with van der Waals surface area (Å²) in [6.45, 7) is 4.39. The molecule has 3 aromatic rings. The van der Waals surface area contributed by atoms with Crippen LogP contribution in [0.15, 0.2) is 65.1 Å². The van der Waals surface area contributed by atoms with E-state index in [2.05, 4.69) is 5.32 Å². The van der Waals surface area contributed by atoms with E-state index in [0.29, 0.717) is 13.0 Å². The van der Waals surface area contributed by atoms with Crippen LogP contribution in [0.4, 0.5) is 0 Å². The first kappa shape index (κ1) is 20.9. The maximum absolute atomic E-state index is 12.5. The van der Waals surface area contributed by atoms with Gasteiger partial charge in [0.05, 0.1) is 5.75 Å². The highest BCUT2D eigenvalue weighted by molar-refractivity contribution is 7.89. The van der Waals surface area contributed by atoms with Gasteiger partial charge < -0.3 is 9.73 Å². The van der Waals surface area contributed by atoms with Gasteiger partial charge in [0.15, 0.2) is 15.6 Å². The van der Waals surface area contributed by atoms with Crippen LogP contribution in [0, 0.1) is 13.8 Å². The van der Waals surface area contributed by atoms with E-state index < -0.39 is 9.84 Å². The van der Waals surface area contributed by atoms with Crippen molar-refractivity contribution >= 4 is 15.7 Å². The molecule has 0 aliphatic rings. The van der Waals surface area contributed by atoms with E-state index in [4.69, 9.17) is 4.42 Å². The number of carbonyl (C=O) groups excluding carboxylic acids is 1. The Hall–Kier alpha value is -2.86. The second-order valence-electron chi connectivity index (χ2n) is 7.22. The average Bonchev–Trinajstić information content (AvgIpc) is 3.13. The van der Waals surface area contributed by atoms with Crippen LogP contribution in [-0.4, -0.2) is 20.9 Å². The molecule has 1 aromatic heterocycles. The van der Waals surface area contributed by atoms with Crippen LogP contribution in [0.25, 0.3) is 0 Å². The van der Waals surface area contributed by atoms with Crippen molar-refractivity contribution in [3.05, 3.63) is 94.4 Å². The Morgan fingerprint density at radius 2 is 1.66 bits per heavy atom. The van der Waals surface area contributed by atoms with Gasteiger partial charge in [0, 0.05) is 6.54 Å². The predicted octanol–water partition coefficient (Wildman–Crippen LogP) is 3.98. The SMILES string of the molecule is Cc1ccc(CCNC(=O)c2ccc(CS(=O)(=O)Cc3ccccc3C)o2)cc1. The monoisotopic (exact) mass is 411 g/mol. The van der Waals surface area contributed by atoms with Gasteiger partial charge >= 0.3 is 0 Å². The molecule has 152 valence electrons. The molecule has 1 heterocycles. The summed E-state index contributed by atoms with van der Waals surface area (Å²) in [7, 11) is -3.40. The molecule has 3 rings (SSSR count). The van der Waals surface area contributed by atoms with E-state index in [1.165, 1.54) is 11.6 Å². The number of rotatable bonds is 8. The Labute approximate surface area is 171 Å². The maximum atomic E-state index is 12.5. The van der Waals surface area contributed by atoms with E-state index >= 15 is 0 Å². The summed E-state index contributed by atoms with van der Waals surface area (Å²) in [5.74, 6) is -0.256. The van der Waals surface area contributed by atoms with Gasteiger partial charge in [0.2, 0.25) is 0 Å². The minimum atomic E-state index is -3.40. The highest BCUT2D eigenvalue weighted by Crippen LogP contribution is 2.17. The van der Waals surface area contributed by atoms with Crippen molar-refractivity contribution in [2.45, 2.75) is 31.8 Å². The molecule has 6 heteroatoms. The average molecular weight is 412 g/mol. The Kier molecular flexibility index (Phi) is 6.54. The molecule has 0 aliphatic heterocycles. The molecule has 0 fully saturated rings. The number of aryl methyl sites for hydroxylation is 2. The topological polar surface area (TPSA) is 76.4 Å². The quantitative estimate of drug-likeness (QED) is 0.608. The first-order chi connectivity index (χ1) is 13.8. The third-order valence-electron chi connectivity index (χ3n) is 4.70. The summed E-state index contributed by atoms with van der Waals surface area (Å²) in [4.78, 5) is 12.2. The van der Waals surface area contributed by atoms with Crippen molar-refractivity contribution in [1.29, 1.82) is 0 Å². The van der Waals surface area contributed by atoms with Gasteiger partial charge in [0.25, 0.3) is 5.91 Å². The minimum Gasteiger partial charge on any atom is -0.455 e. The summed E-state index contributed by atoms with van der Waals surface area (Å²) in [5, 5.41) is 2.80. The maximum Gasteiger partial charge on any atom is 0.287 e. The van der Waals surface area contributed by atoms with E-state index in [9.17, 15) is 13.2 Å². The normalized spacial score (nSPS) is 11.4. The summed E-state index contributed by atoms with van der Waals surface area (Å²) in [6, 6.07) is 18.6. The zero-order valence-electron chi connectivity index (χ0n) is 16.6. The van der Waals surface area contributed by atoms with E-state index in [0.717, 1.165) is 16.7 Å². The van der Waals surface area contributed by atoms with Gasteiger partial charge in [-0.1, -0.05) is 54.1 Å². The first-order valence-electron chi connectivity index (χ1n) is 9.50. The van der Waals surface area contributed by atoms with Crippen LogP contribution in [0.1, 0.15) is 38.6 Å². The van der Waals surface area contributed by atoms with E-state index in [-0.39, 0.29) is 28.9 Å². The number of nitrogens with one attached hydrogen (secondary N) is 1. The molecule has 1 N–H and O–H groups in total. The molecular formula is C23H25NO4S. The van der Waals surface area contributed by atoms with Crippen molar-refractivity contribution in [3.8, 4) is 0 Å². The fourth-order valence-corrected chi connectivity index (χ4v) is 4.50. The molecule has 2 aromatic carbocycles. The summed E-state index contributed by atoms with van der Waals surface area (Å²) in [5.41, 5.74) is 4.04. The number of benzene rings is 2. The Bertz CT molecular complexity index is 1080. The van der Waals surface area contributed by atoms with Gasteiger partial charge in [-0.2, -0.15) is 0 Å². The highest BCUT2D eigenvalue weighted by atomic mass is 32.2. The lowest BCUT2D eigenvalue weighted by atomic mass is 10.1. The summed E-state index contributed by atoms with van der Waals surface area (Å²) < 4.78 is 30.5. The van der Waals surface area contributed by atoms with Crippen molar-refractivity contribution in [1.82, 2.24) is 5.32 Å². The molecule has 1 amide bonds. The zero-order valence-corrected chi connectivity index (χ0v) is 17.5. The molecule has 0 aliphatic carbocycles. The minimum absolute atomic E-state index is 0.0571. The molecule has 0 bridgehead atoms. The molecular weight excluding hydrogens is 386 g/mol. The summed E-state index contributed by atoms with van der Waals surface area (Å²) in [6.07, 6.45) is 0.713. The smallest absolute Gasteiger partial charge is 0.287 e. The van der Waals surface area contributed by atoms with Crippen LogP contribution in [0.3, 0.4) is 0 Å². The first-order valence-corrected chi connectivity index (χ1v) is 11.3. The Morgan fingerprint density at radius 1 is 0.931 bits per heavy atom. The number of carbonyl (C=O) groups is 1. The van der Waals surface area contributed by atoms with Gasteiger partial charge in [-0.05, 0) is 49.1 Å². The zero-order chi connectivity index (χ0) is 20.9. The van der Waals surface area contributed by atoms with Crippen LogP contribution in [0.5, 0.6) is 0 Å². The fourth-order valence-electron chi connectivity index (χ4n) is 3.02. The Balaban J connectivity index is 1.54. The molecule has 0 saturated carbocycles. The molecule has 29 heavy (non-hydrogen) atoms. The second kappa shape index (κ2) is 9.09. The van der Waals surface area contributed by atoms with Crippen molar-refractivity contribution < 1.29 is 17.6 Å². The number of sulfone groups is 1.